The first kappa shape index (κ1) is 18.5. The van der Waals surface area contributed by atoms with Gasteiger partial charge in [0.05, 0.1) is 5.56 Å². The molecule has 9 nitrogen and oxygen atoms in total. The number of imide groups is 1. The molecule has 0 saturated carbocycles. The molecule has 1 saturated heterocycles. The number of carbonyl (C=O) groups excluding carboxylic acids is 3. The molecule has 0 spiro atoms. The summed E-state index contributed by atoms with van der Waals surface area (Å²) >= 11 is 0. The Labute approximate surface area is 144 Å². The molecular weight excluding hydrogens is 350 g/mol. The fraction of sp³-hybridized carbons (Fsp3) is 0.400. The monoisotopic (exact) mass is 365 g/mol. The molecular formula is C15H15N3O6S. The molecule has 0 aromatic carbocycles. The third-order valence-electron chi connectivity index (χ3n) is 3.07. The molecule has 0 atom stereocenters. The van der Waals surface area contributed by atoms with Crippen LogP contribution in [0.3, 0.4) is 0 Å². The molecule has 10 heteroatoms. The van der Waals surface area contributed by atoms with E-state index in [9.17, 15) is 22.8 Å². The Morgan fingerprint density at radius 3 is 2.40 bits per heavy atom. The Kier molecular flexibility index (Phi) is 5.82. The summed E-state index contributed by atoms with van der Waals surface area (Å²) in [7, 11) is -3.45. The second-order valence-electron chi connectivity index (χ2n) is 5.23. The average molecular weight is 365 g/mol. The zero-order valence-corrected chi connectivity index (χ0v) is 14.2. The van der Waals surface area contributed by atoms with Gasteiger partial charge in [-0.25, -0.2) is 23.2 Å². The van der Waals surface area contributed by atoms with Crippen molar-refractivity contribution in [3.63, 3.8) is 0 Å². The first-order valence-corrected chi connectivity index (χ1v) is 9.24. The summed E-state index contributed by atoms with van der Waals surface area (Å²) in [6, 6.07) is 0. The van der Waals surface area contributed by atoms with Gasteiger partial charge in [0.15, 0.2) is 0 Å². The number of carbonyl (C=O) groups is 3. The summed E-state index contributed by atoms with van der Waals surface area (Å²) in [5.74, 6) is 3.82. The predicted molar refractivity (Wildman–Crippen MR) is 83.0 cm³/mol. The lowest BCUT2D eigenvalue weighted by molar-refractivity contribution is -0.197. The van der Waals surface area contributed by atoms with Crippen molar-refractivity contribution in [2.75, 3.05) is 6.26 Å². The number of hydrogen-bond acceptors (Lipinski definition) is 8. The first-order valence-electron chi connectivity index (χ1n) is 7.35. The predicted octanol–water partition coefficient (Wildman–Crippen LogP) is 0.00910. The maximum Gasteiger partial charge on any atom is 0.333 e. The van der Waals surface area contributed by atoms with Crippen molar-refractivity contribution in [3.8, 4) is 11.8 Å². The number of aromatic nitrogens is 2. The molecule has 2 amide bonds. The molecule has 132 valence electrons. The molecule has 2 rings (SSSR count). The second-order valence-corrected chi connectivity index (χ2v) is 7.14. The Morgan fingerprint density at radius 1 is 1.24 bits per heavy atom. The number of rotatable bonds is 5. The van der Waals surface area contributed by atoms with Crippen molar-refractivity contribution in [2.45, 2.75) is 37.3 Å². The fourth-order valence-electron chi connectivity index (χ4n) is 1.86. The Bertz CT molecular complexity index is 835. The van der Waals surface area contributed by atoms with Crippen LogP contribution in [0.25, 0.3) is 0 Å². The summed E-state index contributed by atoms with van der Waals surface area (Å²) < 4.78 is 22.4. The van der Waals surface area contributed by atoms with Gasteiger partial charge in [-0.3, -0.25) is 9.59 Å². The second kappa shape index (κ2) is 7.85. The van der Waals surface area contributed by atoms with Crippen molar-refractivity contribution >= 4 is 27.6 Å². The van der Waals surface area contributed by atoms with Crippen molar-refractivity contribution < 1.29 is 27.6 Å². The van der Waals surface area contributed by atoms with Crippen molar-refractivity contribution in [1.82, 2.24) is 15.0 Å². The molecule has 1 aliphatic heterocycles. The van der Waals surface area contributed by atoms with Crippen molar-refractivity contribution in [1.29, 1.82) is 0 Å². The van der Waals surface area contributed by atoms with Gasteiger partial charge in [0.1, 0.15) is 0 Å². The van der Waals surface area contributed by atoms with Gasteiger partial charge in [0.25, 0.3) is 11.8 Å². The molecule has 0 radical (unpaired) electrons. The third kappa shape index (κ3) is 5.36. The molecule has 1 aromatic rings. The lowest BCUT2D eigenvalue weighted by Crippen LogP contribution is -2.31. The molecule has 1 aromatic heterocycles. The van der Waals surface area contributed by atoms with Crippen LogP contribution >= 0.6 is 0 Å². The summed E-state index contributed by atoms with van der Waals surface area (Å²) in [5, 5.41) is 0.237. The fourth-order valence-corrected chi connectivity index (χ4v) is 2.35. The van der Waals surface area contributed by atoms with Crippen molar-refractivity contribution in [2.24, 2.45) is 0 Å². The topological polar surface area (TPSA) is 124 Å². The molecule has 2 heterocycles. The standard InChI is InChI=1S/C15H15N3O6S/c1-25(22,23)15-16-9-11(10-17-15)5-3-2-4-6-14(21)24-18-12(19)7-8-13(18)20/h9-10H,2,4,6-8H2,1H3. The number of hydrogen-bond donors (Lipinski definition) is 0. The molecule has 0 unspecified atom stereocenters. The van der Waals surface area contributed by atoms with Gasteiger partial charge in [-0.2, -0.15) is 0 Å². The van der Waals surface area contributed by atoms with Crippen LogP contribution in [0.2, 0.25) is 0 Å². The number of sulfone groups is 1. The Morgan fingerprint density at radius 2 is 1.84 bits per heavy atom. The number of amides is 2. The molecule has 0 aliphatic carbocycles. The number of hydroxylamine groups is 2. The van der Waals surface area contributed by atoms with Crippen LogP contribution in [0.5, 0.6) is 0 Å². The van der Waals surface area contributed by atoms with Gasteiger partial charge in [0, 0.05) is 44.3 Å². The highest BCUT2D eigenvalue weighted by atomic mass is 32.2. The highest BCUT2D eigenvalue weighted by Crippen LogP contribution is 2.13. The van der Waals surface area contributed by atoms with Crippen LogP contribution < -0.4 is 0 Å². The van der Waals surface area contributed by atoms with E-state index in [0.717, 1.165) is 6.26 Å². The SMILES string of the molecule is CS(=O)(=O)c1ncc(C#CCCCC(=O)ON2C(=O)CCC2=O)cn1. The summed E-state index contributed by atoms with van der Waals surface area (Å²) in [4.78, 5) is 46.3. The van der Waals surface area contributed by atoms with Crippen molar-refractivity contribution in [3.05, 3.63) is 18.0 Å². The van der Waals surface area contributed by atoms with Crippen LogP contribution in [0.4, 0.5) is 0 Å². The van der Waals surface area contributed by atoms with Gasteiger partial charge in [-0.1, -0.05) is 11.8 Å². The minimum Gasteiger partial charge on any atom is -0.330 e. The summed E-state index contributed by atoms with van der Waals surface area (Å²) in [6.45, 7) is 0. The summed E-state index contributed by atoms with van der Waals surface area (Å²) in [6.07, 6.45) is 4.47. The minimum absolute atomic E-state index is 0.00918. The number of unbranched alkanes of at least 4 members (excludes halogenated alkanes) is 1. The molecule has 1 fully saturated rings. The average Bonchev–Trinajstić information content (AvgIpc) is 2.86. The Balaban J connectivity index is 1.76. The highest BCUT2D eigenvalue weighted by Gasteiger charge is 2.32. The first-order chi connectivity index (χ1) is 11.8. The van der Waals surface area contributed by atoms with Gasteiger partial charge < -0.3 is 4.84 Å². The van der Waals surface area contributed by atoms with E-state index < -0.39 is 27.6 Å². The Hall–Kier alpha value is -2.80. The van der Waals surface area contributed by atoms with Crippen LogP contribution in [0.1, 0.15) is 37.7 Å². The van der Waals surface area contributed by atoms with E-state index in [1.165, 1.54) is 12.4 Å². The van der Waals surface area contributed by atoms with E-state index in [1.54, 1.807) is 0 Å². The van der Waals surface area contributed by atoms with Crippen LogP contribution in [0, 0.1) is 11.8 Å². The van der Waals surface area contributed by atoms with E-state index in [4.69, 9.17) is 4.84 Å². The minimum atomic E-state index is -3.45. The van der Waals surface area contributed by atoms with Gasteiger partial charge in [-0.05, 0) is 6.42 Å². The molecule has 25 heavy (non-hydrogen) atoms. The number of nitrogens with zero attached hydrogens (tertiary/aromatic N) is 3. The largest absolute Gasteiger partial charge is 0.333 e. The summed E-state index contributed by atoms with van der Waals surface area (Å²) in [5.41, 5.74) is 0.447. The molecule has 0 bridgehead atoms. The lowest BCUT2D eigenvalue weighted by atomic mass is 10.2. The maximum atomic E-state index is 11.6. The maximum absolute atomic E-state index is 11.6. The third-order valence-corrected chi connectivity index (χ3v) is 3.95. The van der Waals surface area contributed by atoms with Gasteiger partial charge >= 0.3 is 5.97 Å². The quantitative estimate of drug-likeness (QED) is 0.309. The zero-order valence-electron chi connectivity index (χ0n) is 13.4. The van der Waals surface area contributed by atoms with E-state index in [-0.39, 0.29) is 24.4 Å². The van der Waals surface area contributed by atoms with Crippen LogP contribution in [-0.4, -0.2) is 47.5 Å². The molecule has 1 aliphatic rings. The van der Waals surface area contributed by atoms with Crippen LogP contribution in [0.15, 0.2) is 17.6 Å². The normalized spacial score (nSPS) is 14.2. The van der Waals surface area contributed by atoms with Gasteiger partial charge in [-0.15, -0.1) is 5.06 Å². The smallest absolute Gasteiger partial charge is 0.330 e. The zero-order chi connectivity index (χ0) is 18.4. The van der Waals surface area contributed by atoms with Gasteiger partial charge in [0.2, 0.25) is 15.0 Å². The van der Waals surface area contributed by atoms with E-state index >= 15 is 0 Å². The lowest BCUT2D eigenvalue weighted by Gasteiger charge is -2.11. The van der Waals surface area contributed by atoms with Crippen LogP contribution in [-0.2, 0) is 29.1 Å². The highest BCUT2D eigenvalue weighted by molar-refractivity contribution is 7.90. The van der Waals surface area contributed by atoms with E-state index in [1.807, 2.05) is 0 Å². The molecule has 0 N–H and O–H groups in total. The van der Waals surface area contributed by atoms with E-state index in [0.29, 0.717) is 23.5 Å². The van der Waals surface area contributed by atoms with E-state index in [2.05, 4.69) is 21.8 Å².